The zero-order valence-corrected chi connectivity index (χ0v) is 10.9. The molecule has 0 fully saturated rings. The molecule has 0 aliphatic heterocycles. The first-order valence-corrected chi connectivity index (χ1v) is 6.64. The molecule has 0 spiro atoms. The zero-order valence-electron chi connectivity index (χ0n) is 10.1. The maximum atomic E-state index is 5.98. The first-order valence-electron chi connectivity index (χ1n) is 5.70. The van der Waals surface area contributed by atoms with Crippen LogP contribution in [0.15, 0.2) is 29.1 Å². The Hall–Kier alpha value is -1.39. The summed E-state index contributed by atoms with van der Waals surface area (Å²) in [6.45, 7) is 5.03. The maximum Gasteiger partial charge on any atom is 0.128 e. The lowest BCUT2D eigenvalue weighted by atomic mass is 10.0. The van der Waals surface area contributed by atoms with Gasteiger partial charge in [0.2, 0.25) is 0 Å². The molecule has 2 rings (SSSR count). The average molecular weight is 247 g/mol. The topological polar surface area (TPSA) is 50.9 Å². The molecule has 2 aromatic rings. The van der Waals surface area contributed by atoms with Crippen molar-refractivity contribution < 1.29 is 0 Å². The Morgan fingerprint density at radius 2 is 2.35 bits per heavy atom. The summed E-state index contributed by atoms with van der Waals surface area (Å²) in [6, 6.07) is 4.37. The number of aromatic nitrogens is 1. The van der Waals surface area contributed by atoms with E-state index < -0.39 is 0 Å². The van der Waals surface area contributed by atoms with Gasteiger partial charge in [-0.3, -0.25) is 0 Å². The Bertz CT molecular complexity index is 479. The van der Waals surface area contributed by atoms with Gasteiger partial charge in [0.15, 0.2) is 0 Å². The van der Waals surface area contributed by atoms with Crippen LogP contribution < -0.4 is 11.1 Å². The van der Waals surface area contributed by atoms with Gasteiger partial charge >= 0.3 is 0 Å². The molecule has 0 saturated heterocycles. The van der Waals surface area contributed by atoms with Gasteiger partial charge in [-0.25, -0.2) is 4.98 Å². The van der Waals surface area contributed by atoms with Gasteiger partial charge in [0.1, 0.15) is 5.82 Å². The van der Waals surface area contributed by atoms with E-state index in [0.29, 0.717) is 5.82 Å². The smallest absolute Gasteiger partial charge is 0.128 e. The zero-order chi connectivity index (χ0) is 12.3. The van der Waals surface area contributed by atoms with E-state index in [1.54, 1.807) is 17.5 Å². The third-order valence-corrected chi connectivity index (χ3v) is 3.38. The number of aryl methyl sites for hydroxylation is 1. The van der Waals surface area contributed by atoms with Gasteiger partial charge in [0, 0.05) is 11.8 Å². The minimum absolute atomic E-state index is 0.138. The molecule has 2 heterocycles. The number of nitrogen functional groups attached to an aromatic ring is 1. The number of nitrogens with zero attached hydrogens (tertiary/aromatic N) is 1. The van der Waals surface area contributed by atoms with Gasteiger partial charge in [0.25, 0.3) is 0 Å². The Morgan fingerprint density at radius 3 is 3.00 bits per heavy atom. The minimum atomic E-state index is 0.138. The van der Waals surface area contributed by atoms with Crippen LogP contribution >= 0.6 is 11.3 Å². The van der Waals surface area contributed by atoms with Crippen molar-refractivity contribution in [1.29, 1.82) is 0 Å². The number of thiophene rings is 1. The Morgan fingerprint density at radius 1 is 1.53 bits per heavy atom. The molecule has 3 N–H and O–H groups in total. The molecule has 0 bridgehead atoms. The van der Waals surface area contributed by atoms with E-state index in [0.717, 1.165) is 17.7 Å². The third-order valence-electron chi connectivity index (χ3n) is 2.68. The van der Waals surface area contributed by atoms with Crippen molar-refractivity contribution >= 4 is 17.2 Å². The van der Waals surface area contributed by atoms with E-state index in [1.807, 2.05) is 6.92 Å². The fourth-order valence-corrected chi connectivity index (χ4v) is 2.57. The van der Waals surface area contributed by atoms with Crippen LogP contribution in [0.2, 0.25) is 0 Å². The molecule has 0 aliphatic carbocycles. The highest BCUT2D eigenvalue weighted by molar-refractivity contribution is 7.08. The molecular formula is C13H17N3S. The SMILES string of the molecule is CCNC(c1ccsc1)c1cc(C)cnc1N. The summed E-state index contributed by atoms with van der Waals surface area (Å²) in [5.74, 6) is 0.604. The summed E-state index contributed by atoms with van der Waals surface area (Å²) < 4.78 is 0. The summed E-state index contributed by atoms with van der Waals surface area (Å²) in [6.07, 6.45) is 1.80. The lowest BCUT2D eigenvalue weighted by Gasteiger charge is -2.19. The molecule has 1 unspecified atom stereocenters. The Balaban J connectivity index is 2.42. The third kappa shape index (κ3) is 2.65. The highest BCUT2D eigenvalue weighted by Crippen LogP contribution is 2.27. The van der Waals surface area contributed by atoms with E-state index in [1.165, 1.54) is 5.56 Å². The van der Waals surface area contributed by atoms with E-state index in [9.17, 15) is 0 Å². The molecule has 1 atom stereocenters. The number of hydrogen-bond acceptors (Lipinski definition) is 4. The average Bonchev–Trinajstić information content (AvgIpc) is 2.83. The second-order valence-electron chi connectivity index (χ2n) is 4.03. The van der Waals surface area contributed by atoms with Gasteiger partial charge in [0.05, 0.1) is 6.04 Å². The molecular weight excluding hydrogens is 230 g/mol. The number of hydrogen-bond donors (Lipinski definition) is 2. The molecule has 3 nitrogen and oxygen atoms in total. The summed E-state index contributed by atoms with van der Waals surface area (Å²) >= 11 is 1.70. The van der Waals surface area contributed by atoms with E-state index in [4.69, 9.17) is 5.73 Å². The molecule has 0 aliphatic rings. The summed E-state index contributed by atoms with van der Waals surface area (Å²) in [5.41, 5.74) is 9.42. The van der Waals surface area contributed by atoms with Crippen molar-refractivity contribution in [3.8, 4) is 0 Å². The first kappa shape index (κ1) is 12.1. The van der Waals surface area contributed by atoms with Crippen LogP contribution in [0, 0.1) is 6.92 Å². The van der Waals surface area contributed by atoms with Crippen molar-refractivity contribution in [3.05, 3.63) is 45.8 Å². The van der Waals surface area contributed by atoms with Crippen molar-refractivity contribution in [2.24, 2.45) is 0 Å². The molecule has 17 heavy (non-hydrogen) atoms. The Kier molecular flexibility index (Phi) is 3.76. The second kappa shape index (κ2) is 5.29. The molecule has 90 valence electrons. The standard InChI is InChI=1S/C13H17N3S/c1-3-15-12(10-4-5-17-8-10)11-6-9(2)7-16-13(11)14/h4-8,12,15H,3H2,1-2H3,(H2,14,16). The quantitative estimate of drug-likeness (QED) is 0.873. The normalized spacial score (nSPS) is 12.6. The monoisotopic (exact) mass is 247 g/mol. The predicted molar refractivity (Wildman–Crippen MR) is 73.2 cm³/mol. The van der Waals surface area contributed by atoms with Gasteiger partial charge < -0.3 is 11.1 Å². The second-order valence-corrected chi connectivity index (χ2v) is 4.81. The van der Waals surface area contributed by atoms with Crippen LogP contribution in [0.5, 0.6) is 0 Å². The van der Waals surface area contributed by atoms with Crippen LogP contribution in [-0.4, -0.2) is 11.5 Å². The van der Waals surface area contributed by atoms with Crippen molar-refractivity contribution in [3.63, 3.8) is 0 Å². The van der Waals surface area contributed by atoms with E-state index in [2.05, 4.69) is 40.1 Å². The van der Waals surface area contributed by atoms with Gasteiger partial charge in [-0.1, -0.05) is 6.92 Å². The number of pyridine rings is 1. The number of rotatable bonds is 4. The molecule has 2 aromatic heterocycles. The van der Waals surface area contributed by atoms with E-state index in [-0.39, 0.29) is 6.04 Å². The summed E-state index contributed by atoms with van der Waals surface area (Å²) in [5, 5.41) is 7.69. The lowest BCUT2D eigenvalue weighted by Crippen LogP contribution is -2.23. The van der Waals surface area contributed by atoms with Crippen molar-refractivity contribution in [2.75, 3.05) is 12.3 Å². The summed E-state index contributed by atoms with van der Waals surface area (Å²) in [4.78, 5) is 4.23. The summed E-state index contributed by atoms with van der Waals surface area (Å²) in [7, 11) is 0. The number of nitrogens with one attached hydrogen (secondary N) is 1. The predicted octanol–water partition coefficient (Wildman–Crippen LogP) is 2.73. The van der Waals surface area contributed by atoms with Gasteiger partial charge in [-0.15, -0.1) is 0 Å². The largest absolute Gasteiger partial charge is 0.383 e. The van der Waals surface area contributed by atoms with Gasteiger partial charge in [-0.05, 0) is 47.5 Å². The van der Waals surface area contributed by atoms with Crippen LogP contribution in [0.1, 0.15) is 29.7 Å². The number of anilines is 1. The lowest BCUT2D eigenvalue weighted by molar-refractivity contribution is 0.632. The van der Waals surface area contributed by atoms with Crippen LogP contribution in [0.25, 0.3) is 0 Å². The fourth-order valence-electron chi connectivity index (χ4n) is 1.88. The maximum absolute atomic E-state index is 5.98. The molecule has 0 amide bonds. The van der Waals surface area contributed by atoms with Crippen LogP contribution in [-0.2, 0) is 0 Å². The minimum Gasteiger partial charge on any atom is -0.383 e. The van der Waals surface area contributed by atoms with Crippen LogP contribution in [0.4, 0.5) is 5.82 Å². The van der Waals surface area contributed by atoms with Crippen LogP contribution in [0.3, 0.4) is 0 Å². The molecule has 0 saturated carbocycles. The van der Waals surface area contributed by atoms with Crippen molar-refractivity contribution in [2.45, 2.75) is 19.9 Å². The Labute approximate surface area is 106 Å². The van der Waals surface area contributed by atoms with Crippen molar-refractivity contribution in [1.82, 2.24) is 10.3 Å². The molecule has 4 heteroatoms. The molecule has 0 radical (unpaired) electrons. The first-order chi connectivity index (χ1) is 8.22. The van der Waals surface area contributed by atoms with E-state index >= 15 is 0 Å². The fraction of sp³-hybridized carbons (Fsp3) is 0.308. The number of nitrogens with two attached hydrogens (primary N) is 1. The van der Waals surface area contributed by atoms with Gasteiger partial charge in [-0.2, -0.15) is 11.3 Å². The highest BCUT2D eigenvalue weighted by atomic mass is 32.1. The molecule has 0 aromatic carbocycles. The highest BCUT2D eigenvalue weighted by Gasteiger charge is 2.16.